The maximum atomic E-state index is 12.6. The number of ether oxygens (including phenoxy) is 2. The Hall–Kier alpha value is -4.56. The summed E-state index contributed by atoms with van der Waals surface area (Å²) in [7, 11) is 0. The zero-order valence-corrected chi connectivity index (χ0v) is 20.7. The predicted octanol–water partition coefficient (Wildman–Crippen LogP) is 6.88. The summed E-state index contributed by atoms with van der Waals surface area (Å²) in [6.45, 7) is 3.33. The zero-order valence-electron chi connectivity index (χ0n) is 20.7. The van der Waals surface area contributed by atoms with Crippen LogP contribution in [0.3, 0.4) is 0 Å². The Labute approximate surface area is 217 Å². The second kappa shape index (κ2) is 11.0. The molecule has 37 heavy (non-hydrogen) atoms. The Bertz CT molecular complexity index is 1420. The van der Waals surface area contributed by atoms with E-state index in [0.29, 0.717) is 41.7 Å². The molecule has 0 aromatic heterocycles. The van der Waals surface area contributed by atoms with Crippen LogP contribution in [0.25, 0.3) is 11.1 Å². The van der Waals surface area contributed by atoms with Crippen LogP contribution in [0.15, 0.2) is 91.0 Å². The average Bonchev–Trinajstić information content (AvgIpc) is 2.94. The van der Waals surface area contributed by atoms with Crippen molar-refractivity contribution >= 4 is 5.91 Å². The summed E-state index contributed by atoms with van der Waals surface area (Å²) in [5.41, 5.74) is 5.59. The molecule has 0 saturated heterocycles. The van der Waals surface area contributed by atoms with Gasteiger partial charge in [0.25, 0.3) is 5.91 Å². The van der Waals surface area contributed by atoms with E-state index in [4.69, 9.17) is 9.47 Å². The molecule has 5 nitrogen and oxygen atoms in total. The highest BCUT2D eigenvalue weighted by Gasteiger charge is 2.21. The molecule has 0 bridgehead atoms. The van der Waals surface area contributed by atoms with E-state index in [1.165, 1.54) is 16.7 Å². The fraction of sp³-hybridized carbons (Fsp3) is 0.188. The zero-order chi connectivity index (χ0) is 25.6. The Morgan fingerprint density at radius 3 is 2.46 bits per heavy atom. The highest BCUT2D eigenvalue weighted by molar-refractivity contribution is 5.94. The van der Waals surface area contributed by atoms with E-state index in [1.807, 2.05) is 24.3 Å². The minimum absolute atomic E-state index is 0.138. The molecule has 0 aliphatic carbocycles. The number of hydrogen-bond acceptors (Lipinski definition) is 4. The van der Waals surface area contributed by atoms with Crippen molar-refractivity contribution in [3.05, 3.63) is 113 Å². The van der Waals surface area contributed by atoms with Gasteiger partial charge in [0.2, 0.25) is 0 Å². The molecule has 4 aromatic carbocycles. The van der Waals surface area contributed by atoms with Gasteiger partial charge in [-0.1, -0.05) is 61.5 Å². The number of nitriles is 1. The van der Waals surface area contributed by atoms with Crippen molar-refractivity contribution in [1.29, 1.82) is 5.26 Å². The van der Waals surface area contributed by atoms with Gasteiger partial charge < -0.3 is 14.8 Å². The van der Waals surface area contributed by atoms with E-state index in [9.17, 15) is 10.1 Å². The van der Waals surface area contributed by atoms with Gasteiger partial charge in [0.05, 0.1) is 12.2 Å². The molecular formula is C32H28N2O3. The van der Waals surface area contributed by atoms with Crippen LogP contribution in [0, 0.1) is 11.3 Å². The van der Waals surface area contributed by atoms with Crippen LogP contribution in [-0.2, 0) is 6.42 Å². The van der Waals surface area contributed by atoms with Crippen molar-refractivity contribution in [2.75, 3.05) is 13.2 Å². The quantitative estimate of drug-likeness (QED) is 0.308. The van der Waals surface area contributed by atoms with Crippen LogP contribution in [0.5, 0.6) is 17.2 Å². The van der Waals surface area contributed by atoms with E-state index in [-0.39, 0.29) is 5.91 Å². The molecule has 4 aromatic rings. The van der Waals surface area contributed by atoms with Crippen LogP contribution in [0.4, 0.5) is 0 Å². The number of carbonyl (C=O) groups is 1. The number of benzene rings is 4. The number of amides is 1. The summed E-state index contributed by atoms with van der Waals surface area (Å²) in [5, 5.41) is 12.6. The highest BCUT2D eigenvalue weighted by atomic mass is 16.5. The first-order chi connectivity index (χ1) is 18.1. The molecule has 0 fully saturated rings. The first-order valence-electron chi connectivity index (χ1n) is 12.5. The van der Waals surface area contributed by atoms with Gasteiger partial charge in [-0.3, -0.25) is 4.79 Å². The van der Waals surface area contributed by atoms with Crippen LogP contribution in [-0.4, -0.2) is 19.1 Å². The van der Waals surface area contributed by atoms with Crippen molar-refractivity contribution in [1.82, 2.24) is 5.32 Å². The number of rotatable bonds is 7. The lowest BCUT2D eigenvalue weighted by atomic mass is 9.93. The van der Waals surface area contributed by atoms with Gasteiger partial charge in [0, 0.05) is 18.2 Å². The van der Waals surface area contributed by atoms with Crippen LogP contribution < -0.4 is 14.8 Å². The summed E-state index contributed by atoms with van der Waals surface area (Å²) in [4.78, 5) is 12.6. The molecule has 0 spiro atoms. The fourth-order valence-electron chi connectivity index (χ4n) is 4.48. The van der Waals surface area contributed by atoms with Gasteiger partial charge in [-0.15, -0.1) is 0 Å². The van der Waals surface area contributed by atoms with Gasteiger partial charge in [0.15, 0.2) is 0 Å². The summed E-state index contributed by atoms with van der Waals surface area (Å²) < 4.78 is 11.8. The molecule has 1 unspecified atom stereocenters. The fourth-order valence-corrected chi connectivity index (χ4v) is 4.48. The van der Waals surface area contributed by atoms with Crippen LogP contribution in [0.2, 0.25) is 0 Å². The van der Waals surface area contributed by atoms with Crippen molar-refractivity contribution in [2.24, 2.45) is 0 Å². The molecular weight excluding hydrogens is 460 g/mol. The van der Waals surface area contributed by atoms with E-state index < -0.39 is 0 Å². The van der Waals surface area contributed by atoms with E-state index in [0.717, 1.165) is 24.2 Å². The van der Waals surface area contributed by atoms with E-state index in [1.54, 1.807) is 30.3 Å². The Morgan fingerprint density at radius 1 is 1.00 bits per heavy atom. The minimum Gasteiger partial charge on any atom is -0.493 e. The molecule has 0 radical (unpaired) electrons. The molecule has 1 amide bonds. The number of nitrogens with zero attached hydrogens (tertiary/aromatic N) is 1. The highest BCUT2D eigenvalue weighted by Crippen LogP contribution is 2.39. The Kier molecular flexibility index (Phi) is 7.19. The molecule has 5 rings (SSSR count). The Morgan fingerprint density at radius 2 is 1.73 bits per heavy atom. The maximum Gasteiger partial charge on any atom is 0.251 e. The summed E-state index contributed by atoms with van der Waals surface area (Å²) >= 11 is 0. The second-order valence-corrected chi connectivity index (χ2v) is 9.23. The van der Waals surface area contributed by atoms with Crippen molar-refractivity contribution in [3.8, 4) is 34.4 Å². The van der Waals surface area contributed by atoms with Gasteiger partial charge in [-0.05, 0) is 71.3 Å². The lowest BCUT2D eigenvalue weighted by Crippen LogP contribution is -2.25. The number of fused-ring (bicyclic) bond motifs is 1. The second-order valence-electron chi connectivity index (χ2n) is 9.23. The molecule has 1 atom stereocenters. The summed E-state index contributed by atoms with van der Waals surface area (Å²) in [6, 6.07) is 31.5. The molecule has 1 aliphatic heterocycles. The minimum atomic E-state index is -0.138. The molecule has 1 N–H and O–H groups in total. The molecule has 1 aliphatic rings. The monoisotopic (exact) mass is 488 g/mol. The third-order valence-corrected chi connectivity index (χ3v) is 6.68. The third kappa shape index (κ3) is 5.65. The molecule has 5 heteroatoms. The third-order valence-electron chi connectivity index (χ3n) is 6.68. The SMILES string of the molecule is CC1CCOc2cc(Oc3ccc(C(=O)NCCc4ccc(-c5ccccc5)cc4)cc3)c(C#N)cc21. The summed E-state index contributed by atoms with van der Waals surface area (Å²) in [5.74, 6) is 1.97. The molecule has 184 valence electrons. The maximum absolute atomic E-state index is 12.6. The van der Waals surface area contributed by atoms with Crippen molar-refractivity contribution in [2.45, 2.75) is 25.7 Å². The van der Waals surface area contributed by atoms with Gasteiger partial charge in [-0.2, -0.15) is 5.26 Å². The standard InChI is InChI=1S/C32H28N2O3/c1-22-16-18-36-31-20-30(27(21-33)19-29(22)31)37-28-13-11-26(12-14-28)32(35)34-17-15-23-7-9-25(10-8-23)24-5-3-2-4-6-24/h2-14,19-20,22H,15-18H2,1H3,(H,34,35). The smallest absolute Gasteiger partial charge is 0.251 e. The van der Waals surface area contributed by atoms with Crippen LogP contribution in [0.1, 0.15) is 46.3 Å². The first-order valence-corrected chi connectivity index (χ1v) is 12.5. The van der Waals surface area contributed by atoms with E-state index >= 15 is 0 Å². The van der Waals surface area contributed by atoms with E-state index in [2.05, 4.69) is 54.7 Å². The number of hydrogen-bond donors (Lipinski definition) is 1. The number of carbonyl (C=O) groups excluding carboxylic acids is 1. The van der Waals surface area contributed by atoms with Crippen LogP contribution >= 0.6 is 0 Å². The summed E-state index contributed by atoms with van der Waals surface area (Å²) in [6.07, 6.45) is 1.68. The molecule has 0 saturated carbocycles. The van der Waals surface area contributed by atoms with Crippen molar-refractivity contribution in [3.63, 3.8) is 0 Å². The van der Waals surface area contributed by atoms with Gasteiger partial charge in [0.1, 0.15) is 23.3 Å². The normalized spacial score (nSPS) is 14.1. The topological polar surface area (TPSA) is 71.3 Å². The first kappa shape index (κ1) is 24.1. The average molecular weight is 489 g/mol. The largest absolute Gasteiger partial charge is 0.493 e. The van der Waals surface area contributed by atoms with Gasteiger partial charge >= 0.3 is 0 Å². The lowest BCUT2D eigenvalue weighted by molar-refractivity contribution is 0.0954. The van der Waals surface area contributed by atoms with Gasteiger partial charge in [-0.25, -0.2) is 0 Å². The molecule has 1 heterocycles. The van der Waals surface area contributed by atoms with Crippen molar-refractivity contribution < 1.29 is 14.3 Å². The predicted molar refractivity (Wildman–Crippen MR) is 144 cm³/mol. The number of nitrogens with one attached hydrogen (secondary N) is 1. The lowest BCUT2D eigenvalue weighted by Gasteiger charge is -2.24. The Balaban J connectivity index is 1.17.